The molecule has 0 aromatic heterocycles. The highest BCUT2D eigenvalue weighted by Crippen LogP contribution is 2.39. The van der Waals surface area contributed by atoms with Crippen LogP contribution in [0.25, 0.3) is 0 Å². The van der Waals surface area contributed by atoms with Crippen LogP contribution in [0.2, 0.25) is 0 Å². The summed E-state index contributed by atoms with van der Waals surface area (Å²) in [6.07, 6.45) is 1.47. The van der Waals surface area contributed by atoms with E-state index in [1.54, 1.807) is 7.11 Å². The highest BCUT2D eigenvalue weighted by Gasteiger charge is 2.45. The van der Waals surface area contributed by atoms with E-state index in [0.29, 0.717) is 19.8 Å². The van der Waals surface area contributed by atoms with Gasteiger partial charge in [0.2, 0.25) is 5.91 Å². The van der Waals surface area contributed by atoms with Crippen molar-refractivity contribution < 1.29 is 14.3 Å². The summed E-state index contributed by atoms with van der Waals surface area (Å²) in [6, 6.07) is 16.7. The number of aryl methyl sites for hydroxylation is 1. The molecule has 5 nitrogen and oxygen atoms in total. The van der Waals surface area contributed by atoms with Crippen molar-refractivity contribution in [1.29, 1.82) is 0 Å². The van der Waals surface area contributed by atoms with Crippen LogP contribution in [0, 0.1) is 6.92 Å². The molecular formula is C25H32N2O3. The lowest BCUT2D eigenvalue weighted by molar-refractivity contribution is -0.144. The Bertz CT molecular complexity index is 891. The number of piperazine rings is 1. The maximum Gasteiger partial charge on any atom is 0.233 e. The third-order valence-electron chi connectivity index (χ3n) is 6.76. The van der Waals surface area contributed by atoms with Crippen molar-refractivity contribution in [3.05, 3.63) is 65.2 Å². The first-order valence-corrected chi connectivity index (χ1v) is 10.8. The Labute approximate surface area is 179 Å². The quantitative estimate of drug-likeness (QED) is 0.776. The molecule has 0 bridgehead atoms. The zero-order valence-electron chi connectivity index (χ0n) is 18.3. The van der Waals surface area contributed by atoms with Crippen molar-refractivity contribution >= 4 is 5.91 Å². The lowest BCUT2D eigenvalue weighted by Gasteiger charge is -2.45. The fourth-order valence-electron chi connectivity index (χ4n) is 4.93. The average molecular weight is 409 g/mol. The average Bonchev–Trinajstić information content (AvgIpc) is 2.79. The molecule has 4 rings (SSSR count). The van der Waals surface area contributed by atoms with E-state index in [0.717, 1.165) is 42.8 Å². The molecule has 2 aliphatic heterocycles. The molecule has 0 aliphatic carbocycles. The summed E-state index contributed by atoms with van der Waals surface area (Å²) in [6.45, 7) is 5.61. The second kappa shape index (κ2) is 8.78. The van der Waals surface area contributed by atoms with Gasteiger partial charge in [0, 0.05) is 38.4 Å². The first-order valence-electron chi connectivity index (χ1n) is 10.8. The molecule has 0 N–H and O–H groups in total. The van der Waals surface area contributed by atoms with Crippen LogP contribution in [0.4, 0.5) is 0 Å². The van der Waals surface area contributed by atoms with Crippen LogP contribution in [-0.2, 0) is 14.9 Å². The number of benzene rings is 2. The highest BCUT2D eigenvalue weighted by atomic mass is 16.5. The van der Waals surface area contributed by atoms with Crippen molar-refractivity contribution in [3.63, 3.8) is 0 Å². The minimum Gasteiger partial charge on any atom is -0.496 e. The number of nitrogens with zero attached hydrogens (tertiary/aromatic N) is 2. The van der Waals surface area contributed by atoms with Crippen LogP contribution < -0.4 is 4.74 Å². The van der Waals surface area contributed by atoms with Crippen molar-refractivity contribution in [3.8, 4) is 5.75 Å². The van der Waals surface area contributed by atoms with Crippen LogP contribution >= 0.6 is 0 Å². The molecule has 0 unspecified atom stereocenters. The molecule has 2 aromatic carbocycles. The number of carbonyl (C=O) groups excluding carboxylic acids is 1. The molecule has 1 atom stereocenters. The Morgan fingerprint density at radius 3 is 2.60 bits per heavy atom. The Kier molecular flexibility index (Phi) is 6.11. The molecule has 2 aliphatic rings. The molecule has 2 aromatic rings. The smallest absolute Gasteiger partial charge is 0.233 e. The van der Waals surface area contributed by atoms with E-state index < -0.39 is 5.41 Å². The maximum absolute atomic E-state index is 14.0. The van der Waals surface area contributed by atoms with E-state index in [1.807, 2.05) is 18.2 Å². The van der Waals surface area contributed by atoms with E-state index in [9.17, 15) is 4.79 Å². The van der Waals surface area contributed by atoms with Gasteiger partial charge in [-0.15, -0.1) is 0 Å². The monoisotopic (exact) mass is 408 g/mol. The fraction of sp³-hybridized carbons (Fsp3) is 0.480. The third-order valence-corrected chi connectivity index (χ3v) is 6.76. The largest absolute Gasteiger partial charge is 0.496 e. The Balaban J connectivity index is 1.65. The molecule has 1 amide bonds. The number of hydrogen-bond acceptors (Lipinski definition) is 4. The number of carbonyl (C=O) groups is 1. The number of ether oxygens (including phenoxy) is 2. The second-order valence-corrected chi connectivity index (χ2v) is 8.55. The predicted octanol–water partition coefficient (Wildman–Crippen LogP) is 3.57. The number of methoxy groups -OCH3 is 1. The second-order valence-electron chi connectivity index (χ2n) is 8.55. The maximum atomic E-state index is 14.0. The molecule has 0 spiro atoms. The van der Waals surface area contributed by atoms with Gasteiger partial charge in [-0.3, -0.25) is 9.69 Å². The zero-order valence-corrected chi connectivity index (χ0v) is 18.3. The summed E-state index contributed by atoms with van der Waals surface area (Å²) in [5.41, 5.74) is 2.96. The van der Waals surface area contributed by atoms with E-state index in [1.165, 1.54) is 5.56 Å². The van der Waals surface area contributed by atoms with Gasteiger partial charge in [-0.05, 0) is 38.4 Å². The van der Waals surface area contributed by atoms with Gasteiger partial charge in [0.05, 0.1) is 18.6 Å². The van der Waals surface area contributed by atoms with Crippen molar-refractivity contribution in [1.82, 2.24) is 9.80 Å². The summed E-state index contributed by atoms with van der Waals surface area (Å²) < 4.78 is 11.3. The summed E-state index contributed by atoms with van der Waals surface area (Å²) in [7, 11) is 3.84. The minimum absolute atomic E-state index is 0.119. The molecule has 30 heavy (non-hydrogen) atoms. The Morgan fingerprint density at radius 2 is 1.87 bits per heavy atom. The van der Waals surface area contributed by atoms with Gasteiger partial charge >= 0.3 is 0 Å². The van der Waals surface area contributed by atoms with Gasteiger partial charge in [0.25, 0.3) is 0 Å². The van der Waals surface area contributed by atoms with Crippen LogP contribution in [0.3, 0.4) is 0 Å². The van der Waals surface area contributed by atoms with Crippen LogP contribution in [-0.4, -0.2) is 62.7 Å². The normalized spacial score (nSPS) is 22.0. The lowest BCUT2D eigenvalue weighted by Crippen LogP contribution is -2.56. The topological polar surface area (TPSA) is 42.0 Å². The molecule has 5 heteroatoms. The van der Waals surface area contributed by atoms with Gasteiger partial charge < -0.3 is 14.4 Å². The van der Waals surface area contributed by atoms with Gasteiger partial charge in [-0.1, -0.05) is 48.0 Å². The number of rotatable bonds is 4. The number of likely N-dealkylation sites (N-methyl/N-ethyl adjacent to an activating group) is 1. The Morgan fingerprint density at radius 1 is 1.10 bits per heavy atom. The van der Waals surface area contributed by atoms with E-state index in [-0.39, 0.29) is 11.9 Å². The van der Waals surface area contributed by atoms with Gasteiger partial charge in [-0.2, -0.15) is 0 Å². The number of hydrogen-bond donors (Lipinski definition) is 0. The van der Waals surface area contributed by atoms with Crippen molar-refractivity contribution in [2.75, 3.05) is 47.0 Å². The molecule has 2 fully saturated rings. The predicted molar refractivity (Wildman–Crippen MR) is 118 cm³/mol. The standard InChI is InChI=1S/C25H32N2O3/c1-19-7-6-8-20(17-19)25(11-15-30-16-12-25)24(28)27-14-13-26(2)22(18-27)21-9-4-5-10-23(21)29-3/h4-10,17,22H,11-16,18H2,1-3H3/t22-/m1/s1. The third kappa shape index (κ3) is 3.84. The summed E-state index contributed by atoms with van der Waals surface area (Å²) in [5.74, 6) is 1.12. The molecule has 2 heterocycles. The minimum atomic E-state index is -0.495. The zero-order chi connectivity index (χ0) is 21.1. The van der Waals surface area contributed by atoms with E-state index in [4.69, 9.17) is 9.47 Å². The molecule has 0 radical (unpaired) electrons. The lowest BCUT2D eigenvalue weighted by atomic mass is 9.72. The van der Waals surface area contributed by atoms with E-state index in [2.05, 4.69) is 54.1 Å². The van der Waals surface area contributed by atoms with Gasteiger partial charge in [0.1, 0.15) is 5.75 Å². The van der Waals surface area contributed by atoms with Crippen molar-refractivity contribution in [2.45, 2.75) is 31.2 Å². The van der Waals surface area contributed by atoms with Gasteiger partial charge in [-0.25, -0.2) is 0 Å². The Hall–Kier alpha value is -2.37. The molecule has 0 saturated carbocycles. The highest BCUT2D eigenvalue weighted by molar-refractivity contribution is 5.88. The number of amides is 1. The van der Waals surface area contributed by atoms with E-state index >= 15 is 0 Å². The SMILES string of the molecule is COc1ccccc1[C@H]1CN(C(=O)C2(c3cccc(C)c3)CCOCC2)CCN1C. The molecular weight excluding hydrogens is 376 g/mol. The van der Waals surface area contributed by atoms with Gasteiger partial charge in [0.15, 0.2) is 0 Å². The number of para-hydroxylation sites is 1. The molecule has 160 valence electrons. The van der Waals surface area contributed by atoms with Crippen LogP contribution in [0.1, 0.15) is 35.6 Å². The summed E-state index contributed by atoms with van der Waals surface area (Å²) in [4.78, 5) is 18.4. The molecule has 2 saturated heterocycles. The summed E-state index contributed by atoms with van der Waals surface area (Å²) >= 11 is 0. The first kappa shape index (κ1) is 20.9. The summed E-state index contributed by atoms with van der Waals surface area (Å²) in [5, 5.41) is 0. The van der Waals surface area contributed by atoms with Crippen molar-refractivity contribution in [2.24, 2.45) is 0 Å². The van der Waals surface area contributed by atoms with Crippen LogP contribution in [0.5, 0.6) is 5.75 Å². The van der Waals surface area contributed by atoms with Crippen LogP contribution in [0.15, 0.2) is 48.5 Å². The first-order chi connectivity index (χ1) is 14.5. The fourth-order valence-corrected chi connectivity index (χ4v) is 4.93.